The Morgan fingerprint density at radius 1 is 1.32 bits per heavy atom. The van der Waals surface area contributed by atoms with E-state index in [4.69, 9.17) is 0 Å². The van der Waals surface area contributed by atoms with Gasteiger partial charge in [0.1, 0.15) is 5.54 Å². The number of nitrogens with zero attached hydrogens (tertiary/aromatic N) is 1. The van der Waals surface area contributed by atoms with E-state index >= 15 is 0 Å². The molecule has 2 rings (SSSR count). The van der Waals surface area contributed by atoms with Crippen molar-refractivity contribution in [1.82, 2.24) is 0 Å². The number of carbonyl (C=O) groups excluding carboxylic acids is 1. The van der Waals surface area contributed by atoms with Gasteiger partial charge in [0.2, 0.25) is 6.08 Å². The number of sulfone groups is 1. The average Bonchev–Trinajstić information content (AvgIpc) is 2.26. The fraction of sp³-hybridized carbons (Fsp3) is 0.417. The molecule has 1 aromatic rings. The predicted octanol–water partition coefficient (Wildman–Crippen LogP) is 2.08. The monoisotopic (exact) mass is 287 g/mol. The lowest BCUT2D eigenvalue weighted by Crippen LogP contribution is -2.33. The van der Waals surface area contributed by atoms with Gasteiger partial charge in [0, 0.05) is 11.8 Å². The van der Waals surface area contributed by atoms with Gasteiger partial charge in [-0.2, -0.15) is 4.99 Å². The zero-order valence-electron chi connectivity index (χ0n) is 10.1. The van der Waals surface area contributed by atoms with Crippen LogP contribution < -0.4 is 0 Å². The van der Waals surface area contributed by atoms with E-state index in [2.05, 4.69) is 4.99 Å². The molecule has 0 atom stereocenters. The van der Waals surface area contributed by atoms with Gasteiger partial charge in [0.05, 0.1) is 4.90 Å². The summed E-state index contributed by atoms with van der Waals surface area (Å²) in [6.45, 7) is 0. The molecule has 1 aliphatic rings. The molecule has 0 heterocycles. The highest BCUT2D eigenvalue weighted by molar-refractivity contribution is 7.90. The first-order valence-electron chi connectivity index (χ1n) is 5.59. The maximum atomic E-state index is 13.8. The summed E-state index contributed by atoms with van der Waals surface area (Å²) in [4.78, 5) is 13.7. The standard InChI is InChI=1S/C12H11F2NO3S/c1-19(17,18)8-5-9(11(14)10(13)6-8)12(15-7-16)3-2-4-12/h5-6H,2-4H2,1H3. The van der Waals surface area contributed by atoms with Gasteiger partial charge < -0.3 is 0 Å². The summed E-state index contributed by atoms with van der Waals surface area (Å²) in [6.07, 6.45) is 3.69. The van der Waals surface area contributed by atoms with Crippen LogP contribution in [0.15, 0.2) is 22.0 Å². The van der Waals surface area contributed by atoms with Gasteiger partial charge in [-0.3, -0.25) is 0 Å². The minimum Gasteiger partial charge on any atom is -0.224 e. The van der Waals surface area contributed by atoms with Crippen molar-refractivity contribution in [2.75, 3.05) is 6.26 Å². The predicted molar refractivity (Wildman–Crippen MR) is 63.1 cm³/mol. The Morgan fingerprint density at radius 3 is 2.37 bits per heavy atom. The van der Waals surface area contributed by atoms with Gasteiger partial charge in [-0.1, -0.05) is 0 Å². The molecule has 102 valence electrons. The zero-order chi connectivity index (χ0) is 14.3. The largest absolute Gasteiger partial charge is 0.235 e. The second-order valence-electron chi connectivity index (χ2n) is 4.63. The quantitative estimate of drug-likeness (QED) is 0.486. The van der Waals surface area contributed by atoms with Gasteiger partial charge in [0.25, 0.3) is 0 Å². The van der Waals surface area contributed by atoms with Crippen LogP contribution in [-0.2, 0) is 20.2 Å². The number of rotatable bonds is 3. The molecule has 7 heteroatoms. The van der Waals surface area contributed by atoms with Crippen molar-refractivity contribution >= 4 is 15.9 Å². The van der Waals surface area contributed by atoms with Crippen LogP contribution in [0.5, 0.6) is 0 Å². The molecule has 1 saturated carbocycles. The number of isocyanates is 1. The number of aliphatic imine (C=N–C) groups is 1. The Balaban J connectivity index is 2.69. The Bertz CT molecular complexity index is 674. The van der Waals surface area contributed by atoms with Crippen molar-refractivity contribution in [2.45, 2.75) is 29.7 Å². The summed E-state index contributed by atoms with van der Waals surface area (Å²) in [5.41, 5.74) is -1.37. The summed E-state index contributed by atoms with van der Waals surface area (Å²) in [7, 11) is -3.67. The van der Waals surface area contributed by atoms with Crippen LogP contribution in [0.1, 0.15) is 24.8 Å². The average molecular weight is 287 g/mol. The summed E-state index contributed by atoms with van der Waals surface area (Å²) in [6, 6.07) is 1.68. The Labute approximate surface area is 109 Å². The highest BCUT2D eigenvalue weighted by atomic mass is 32.2. The minimum absolute atomic E-state index is 0.192. The van der Waals surface area contributed by atoms with Gasteiger partial charge in [0.15, 0.2) is 21.5 Å². The summed E-state index contributed by atoms with van der Waals surface area (Å²) in [5.74, 6) is -2.42. The van der Waals surface area contributed by atoms with E-state index in [9.17, 15) is 22.0 Å². The van der Waals surface area contributed by atoms with Crippen molar-refractivity contribution in [3.8, 4) is 0 Å². The molecule has 0 unspecified atom stereocenters. The maximum absolute atomic E-state index is 13.8. The zero-order valence-corrected chi connectivity index (χ0v) is 10.9. The molecule has 0 saturated heterocycles. The topological polar surface area (TPSA) is 63.6 Å². The lowest BCUT2D eigenvalue weighted by atomic mass is 9.72. The number of benzene rings is 1. The van der Waals surface area contributed by atoms with Crippen LogP contribution in [0, 0.1) is 11.6 Å². The molecule has 1 aromatic carbocycles. The van der Waals surface area contributed by atoms with Gasteiger partial charge in [-0.15, -0.1) is 0 Å². The highest BCUT2D eigenvalue weighted by Crippen LogP contribution is 2.46. The Hall–Kier alpha value is -1.59. The molecule has 0 aliphatic heterocycles. The summed E-state index contributed by atoms with van der Waals surface area (Å²) >= 11 is 0. The highest BCUT2D eigenvalue weighted by Gasteiger charge is 2.42. The fourth-order valence-corrected chi connectivity index (χ4v) is 2.81. The third kappa shape index (κ3) is 2.31. The van der Waals surface area contributed by atoms with Gasteiger partial charge in [-0.25, -0.2) is 22.0 Å². The van der Waals surface area contributed by atoms with Gasteiger partial charge >= 0.3 is 0 Å². The number of hydrogen-bond acceptors (Lipinski definition) is 4. The van der Waals surface area contributed by atoms with E-state index in [0.29, 0.717) is 25.3 Å². The van der Waals surface area contributed by atoms with Crippen LogP contribution in [0.3, 0.4) is 0 Å². The van der Waals surface area contributed by atoms with Crippen LogP contribution in [0.4, 0.5) is 8.78 Å². The van der Waals surface area contributed by atoms with E-state index in [1.165, 1.54) is 6.08 Å². The summed E-state index contributed by atoms with van der Waals surface area (Å²) in [5, 5.41) is 0. The lowest BCUT2D eigenvalue weighted by molar-refractivity contribution is 0.244. The van der Waals surface area contributed by atoms with Crippen molar-refractivity contribution in [1.29, 1.82) is 0 Å². The molecule has 19 heavy (non-hydrogen) atoms. The fourth-order valence-electron chi connectivity index (χ4n) is 2.16. The van der Waals surface area contributed by atoms with Gasteiger partial charge in [-0.05, 0) is 31.4 Å². The first-order chi connectivity index (χ1) is 8.80. The normalized spacial score (nSPS) is 17.4. The van der Waals surface area contributed by atoms with Crippen LogP contribution in [0.25, 0.3) is 0 Å². The molecular formula is C12H11F2NO3S. The van der Waals surface area contributed by atoms with E-state index in [1.807, 2.05) is 0 Å². The molecule has 0 amide bonds. The first-order valence-corrected chi connectivity index (χ1v) is 7.48. The molecule has 0 bridgehead atoms. The molecule has 0 spiro atoms. The molecule has 0 radical (unpaired) electrons. The smallest absolute Gasteiger partial charge is 0.224 e. The van der Waals surface area contributed by atoms with Crippen molar-refractivity contribution in [2.24, 2.45) is 4.99 Å². The second kappa shape index (κ2) is 4.51. The number of halogens is 2. The lowest BCUT2D eigenvalue weighted by Gasteiger charge is -2.37. The van der Waals surface area contributed by atoms with E-state index in [0.717, 1.165) is 12.3 Å². The van der Waals surface area contributed by atoms with Crippen LogP contribution in [-0.4, -0.2) is 20.8 Å². The molecule has 1 aliphatic carbocycles. The Kier molecular flexibility index (Phi) is 3.28. The molecule has 0 aromatic heterocycles. The first kappa shape index (κ1) is 13.8. The maximum Gasteiger partial charge on any atom is 0.235 e. The third-order valence-electron chi connectivity index (χ3n) is 3.37. The van der Waals surface area contributed by atoms with E-state index < -0.39 is 27.0 Å². The number of hydrogen-bond donors (Lipinski definition) is 0. The summed E-state index contributed by atoms with van der Waals surface area (Å²) < 4.78 is 50.3. The molecular weight excluding hydrogens is 276 g/mol. The second-order valence-corrected chi connectivity index (χ2v) is 6.64. The van der Waals surface area contributed by atoms with Crippen molar-refractivity contribution in [3.05, 3.63) is 29.3 Å². The Morgan fingerprint density at radius 2 is 1.95 bits per heavy atom. The van der Waals surface area contributed by atoms with E-state index in [1.54, 1.807) is 0 Å². The molecule has 1 fully saturated rings. The SMILES string of the molecule is CS(=O)(=O)c1cc(F)c(F)c(C2(N=C=O)CCC2)c1. The van der Waals surface area contributed by atoms with Crippen molar-refractivity contribution in [3.63, 3.8) is 0 Å². The van der Waals surface area contributed by atoms with Crippen LogP contribution >= 0.6 is 0 Å². The third-order valence-corrected chi connectivity index (χ3v) is 4.46. The van der Waals surface area contributed by atoms with Crippen LogP contribution in [0.2, 0.25) is 0 Å². The molecule has 0 N–H and O–H groups in total. The minimum atomic E-state index is -3.67. The molecule has 4 nitrogen and oxygen atoms in total. The van der Waals surface area contributed by atoms with E-state index in [-0.39, 0.29) is 10.5 Å². The van der Waals surface area contributed by atoms with Crippen molar-refractivity contribution < 1.29 is 22.0 Å².